The van der Waals surface area contributed by atoms with E-state index in [9.17, 15) is 9.18 Å². The van der Waals surface area contributed by atoms with Crippen molar-refractivity contribution in [2.45, 2.75) is 6.92 Å². The molecule has 0 aliphatic carbocycles. The number of amides is 1. The van der Waals surface area contributed by atoms with Crippen LogP contribution in [0.1, 0.15) is 15.9 Å². The van der Waals surface area contributed by atoms with E-state index in [1.165, 1.54) is 0 Å². The molecule has 3 N–H and O–H groups in total. The average Bonchev–Trinajstić information content (AvgIpc) is 2.18. The normalized spacial score (nSPS) is 9.86. The summed E-state index contributed by atoms with van der Waals surface area (Å²) in [6.45, 7) is 1.28. The Morgan fingerprint density at radius 3 is 2.93 bits per heavy atom. The highest BCUT2D eigenvalue weighted by molar-refractivity contribution is 5.96. The predicted molar refractivity (Wildman–Crippen MR) is 53.9 cm³/mol. The fraction of sp³-hybridized carbons (Fsp3) is 0.300. The predicted octanol–water partition coefficient (Wildman–Crippen LogP) is 1.28. The minimum Gasteiger partial charge on any atom is -0.399 e. The number of carbonyl (C=O) groups is 1. The number of rotatable bonds is 3. The van der Waals surface area contributed by atoms with Gasteiger partial charge in [0.2, 0.25) is 0 Å². The van der Waals surface area contributed by atoms with Crippen LogP contribution in [0, 0.1) is 6.92 Å². The summed E-state index contributed by atoms with van der Waals surface area (Å²) in [6, 6.07) is 5.07. The van der Waals surface area contributed by atoms with Gasteiger partial charge >= 0.3 is 0 Å². The topological polar surface area (TPSA) is 55.1 Å². The molecular weight excluding hydrogens is 183 g/mol. The number of carbonyl (C=O) groups excluding carboxylic acids is 1. The van der Waals surface area contributed by atoms with Crippen molar-refractivity contribution in [1.82, 2.24) is 5.32 Å². The molecule has 0 aliphatic rings. The van der Waals surface area contributed by atoms with Crippen LogP contribution < -0.4 is 11.1 Å². The number of halogens is 1. The lowest BCUT2D eigenvalue weighted by Gasteiger charge is -2.06. The van der Waals surface area contributed by atoms with Gasteiger partial charge < -0.3 is 11.1 Å². The first-order valence-corrected chi connectivity index (χ1v) is 4.35. The molecule has 0 saturated heterocycles. The van der Waals surface area contributed by atoms with Crippen molar-refractivity contribution in [3.05, 3.63) is 29.3 Å². The van der Waals surface area contributed by atoms with E-state index in [1.807, 2.05) is 6.92 Å². The lowest BCUT2D eigenvalue weighted by molar-refractivity contribution is 0.0950. The third-order valence-electron chi connectivity index (χ3n) is 1.89. The molecule has 0 bridgehead atoms. The number of nitrogens with one attached hydrogen (secondary N) is 1. The SMILES string of the molecule is Cc1ccc(N)cc1C(=O)NCCF. The molecule has 4 heteroatoms. The quantitative estimate of drug-likeness (QED) is 0.715. The average molecular weight is 196 g/mol. The van der Waals surface area contributed by atoms with Crippen molar-refractivity contribution in [1.29, 1.82) is 0 Å². The maximum Gasteiger partial charge on any atom is 0.251 e. The van der Waals surface area contributed by atoms with Crippen LogP contribution in [0.5, 0.6) is 0 Å². The van der Waals surface area contributed by atoms with Gasteiger partial charge in [0, 0.05) is 17.8 Å². The van der Waals surface area contributed by atoms with Crippen molar-refractivity contribution in [2.24, 2.45) is 0 Å². The first-order valence-electron chi connectivity index (χ1n) is 4.35. The smallest absolute Gasteiger partial charge is 0.251 e. The van der Waals surface area contributed by atoms with Crippen molar-refractivity contribution < 1.29 is 9.18 Å². The van der Waals surface area contributed by atoms with Crippen molar-refractivity contribution in [3.8, 4) is 0 Å². The highest BCUT2D eigenvalue weighted by atomic mass is 19.1. The Morgan fingerprint density at radius 1 is 1.57 bits per heavy atom. The second-order valence-electron chi connectivity index (χ2n) is 3.02. The number of nitrogens with two attached hydrogens (primary N) is 1. The Kier molecular flexibility index (Phi) is 3.45. The minimum atomic E-state index is -0.562. The molecular formula is C10H13FN2O. The Morgan fingerprint density at radius 2 is 2.29 bits per heavy atom. The van der Waals surface area contributed by atoms with Crippen LogP contribution in [0.3, 0.4) is 0 Å². The van der Waals surface area contributed by atoms with E-state index >= 15 is 0 Å². The van der Waals surface area contributed by atoms with Gasteiger partial charge in [-0.15, -0.1) is 0 Å². The highest BCUT2D eigenvalue weighted by Crippen LogP contribution is 2.12. The molecule has 0 atom stereocenters. The van der Waals surface area contributed by atoms with Crippen LogP contribution in [0.25, 0.3) is 0 Å². The first-order chi connectivity index (χ1) is 6.65. The standard InChI is InChI=1S/C10H13FN2O/c1-7-2-3-8(12)6-9(7)10(14)13-5-4-11/h2-3,6H,4-5,12H2,1H3,(H,13,14). The van der Waals surface area contributed by atoms with E-state index in [2.05, 4.69) is 5.32 Å². The van der Waals surface area contributed by atoms with Gasteiger partial charge in [0.1, 0.15) is 6.67 Å². The van der Waals surface area contributed by atoms with Crippen molar-refractivity contribution in [2.75, 3.05) is 19.0 Å². The fourth-order valence-corrected chi connectivity index (χ4v) is 1.14. The van der Waals surface area contributed by atoms with Crippen LogP contribution in [0.2, 0.25) is 0 Å². The number of aryl methyl sites for hydroxylation is 1. The van der Waals surface area contributed by atoms with E-state index in [0.29, 0.717) is 11.3 Å². The summed E-state index contributed by atoms with van der Waals surface area (Å²) in [5, 5.41) is 2.45. The minimum absolute atomic E-state index is 0.0348. The van der Waals surface area contributed by atoms with Gasteiger partial charge in [-0.1, -0.05) is 6.07 Å². The zero-order valence-electron chi connectivity index (χ0n) is 8.01. The summed E-state index contributed by atoms with van der Waals surface area (Å²) < 4.78 is 11.8. The Labute approximate surface area is 82.1 Å². The van der Waals surface area contributed by atoms with E-state index in [1.54, 1.807) is 18.2 Å². The largest absolute Gasteiger partial charge is 0.399 e. The molecule has 0 unspecified atom stereocenters. The lowest BCUT2D eigenvalue weighted by Crippen LogP contribution is -2.26. The van der Waals surface area contributed by atoms with Gasteiger partial charge in [-0.05, 0) is 24.6 Å². The molecule has 14 heavy (non-hydrogen) atoms. The monoisotopic (exact) mass is 196 g/mol. The molecule has 76 valence electrons. The van der Waals surface area contributed by atoms with Gasteiger partial charge in [-0.25, -0.2) is 4.39 Å². The summed E-state index contributed by atoms with van der Waals surface area (Å²) >= 11 is 0. The maximum absolute atomic E-state index is 11.8. The van der Waals surface area contributed by atoms with Gasteiger partial charge in [0.25, 0.3) is 5.91 Å². The van der Waals surface area contributed by atoms with Crippen LogP contribution in [-0.4, -0.2) is 19.1 Å². The van der Waals surface area contributed by atoms with Gasteiger partial charge in [0.05, 0.1) is 0 Å². The van der Waals surface area contributed by atoms with Crippen molar-refractivity contribution >= 4 is 11.6 Å². The zero-order chi connectivity index (χ0) is 10.6. The van der Waals surface area contributed by atoms with E-state index in [0.717, 1.165) is 5.56 Å². The number of alkyl halides is 1. The maximum atomic E-state index is 11.8. The van der Waals surface area contributed by atoms with E-state index < -0.39 is 6.67 Å². The van der Waals surface area contributed by atoms with Crippen LogP contribution in [0.15, 0.2) is 18.2 Å². The molecule has 1 amide bonds. The van der Waals surface area contributed by atoms with Gasteiger partial charge in [-0.2, -0.15) is 0 Å². The second kappa shape index (κ2) is 4.60. The Bertz CT molecular complexity index is 339. The molecule has 0 saturated carbocycles. The van der Waals surface area contributed by atoms with E-state index in [-0.39, 0.29) is 12.5 Å². The summed E-state index contributed by atoms with van der Waals surface area (Å²) in [5.74, 6) is -0.285. The lowest BCUT2D eigenvalue weighted by atomic mass is 10.1. The third kappa shape index (κ3) is 2.45. The molecule has 0 heterocycles. The summed E-state index contributed by atoms with van der Waals surface area (Å²) in [4.78, 5) is 11.4. The highest BCUT2D eigenvalue weighted by Gasteiger charge is 2.07. The van der Waals surface area contributed by atoms with E-state index in [4.69, 9.17) is 5.73 Å². The zero-order valence-corrected chi connectivity index (χ0v) is 8.01. The van der Waals surface area contributed by atoms with Crippen molar-refractivity contribution in [3.63, 3.8) is 0 Å². The number of hydrogen-bond acceptors (Lipinski definition) is 2. The molecule has 0 spiro atoms. The molecule has 0 aliphatic heterocycles. The summed E-state index contributed by atoms with van der Waals surface area (Å²) in [5.41, 5.74) is 7.40. The van der Waals surface area contributed by atoms with Crippen LogP contribution >= 0.6 is 0 Å². The third-order valence-corrected chi connectivity index (χ3v) is 1.89. The molecule has 1 aromatic rings. The number of anilines is 1. The fourth-order valence-electron chi connectivity index (χ4n) is 1.14. The summed E-state index contributed by atoms with van der Waals surface area (Å²) in [7, 11) is 0. The first kappa shape index (κ1) is 10.5. The van der Waals surface area contributed by atoms with Crippen LogP contribution in [-0.2, 0) is 0 Å². The molecule has 1 rings (SSSR count). The second-order valence-corrected chi connectivity index (χ2v) is 3.02. The number of benzene rings is 1. The van der Waals surface area contributed by atoms with Gasteiger partial charge in [-0.3, -0.25) is 4.79 Å². The molecule has 0 fully saturated rings. The van der Waals surface area contributed by atoms with Gasteiger partial charge in [0.15, 0.2) is 0 Å². The number of nitrogen functional groups attached to an aromatic ring is 1. The number of hydrogen-bond donors (Lipinski definition) is 2. The summed E-state index contributed by atoms with van der Waals surface area (Å²) in [6.07, 6.45) is 0. The molecule has 1 aromatic carbocycles. The Hall–Kier alpha value is -1.58. The molecule has 3 nitrogen and oxygen atoms in total. The molecule has 0 radical (unpaired) electrons. The molecule has 0 aromatic heterocycles. The van der Waals surface area contributed by atoms with Crippen LogP contribution in [0.4, 0.5) is 10.1 Å². The Balaban J connectivity index is 2.83.